The Morgan fingerprint density at radius 3 is 2.83 bits per heavy atom. The number of hydrogen-bond donors (Lipinski definition) is 2. The molecular weight excluding hydrogens is 292 g/mol. The molecule has 3 atom stereocenters. The third-order valence-electron chi connectivity index (χ3n) is 6.01. The second-order valence-corrected chi connectivity index (χ2v) is 7.82. The summed E-state index contributed by atoms with van der Waals surface area (Å²) in [5.41, 5.74) is 1.51. The van der Waals surface area contributed by atoms with E-state index in [-0.39, 0.29) is 12.1 Å². The summed E-state index contributed by atoms with van der Waals surface area (Å²) in [7, 11) is 0. The predicted molar refractivity (Wildman–Crippen MR) is 84.6 cm³/mol. The van der Waals surface area contributed by atoms with Crippen molar-refractivity contribution < 1.29 is 9.32 Å². The molecule has 0 spiro atoms. The fourth-order valence-corrected chi connectivity index (χ4v) is 4.08. The van der Waals surface area contributed by atoms with E-state index in [0.717, 1.165) is 19.3 Å². The van der Waals surface area contributed by atoms with Crippen LogP contribution >= 0.6 is 0 Å². The summed E-state index contributed by atoms with van der Waals surface area (Å²) in [5.74, 6) is 2.89. The van der Waals surface area contributed by atoms with Crippen LogP contribution in [-0.2, 0) is 6.54 Å². The molecule has 5 rings (SSSR count). The normalized spacial score (nSPS) is 31.4. The van der Waals surface area contributed by atoms with Gasteiger partial charge in [0.15, 0.2) is 5.82 Å². The van der Waals surface area contributed by atoms with Gasteiger partial charge in [0, 0.05) is 5.92 Å². The highest BCUT2D eigenvalue weighted by molar-refractivity contribution is 5.74. The smallest absolute Gasteiger partial charge is 0.315 e. The molecule has 124 valence electrons. The molecule has 0 saturated heterocycles. The maximum atomic E-state index is 12.1. The van der Waals surface area contributed by atoms with Crippen LogP contribution in [0.1, 0.15) is 57.2 Å². The summed E-state index contributed by atoms with van der Waals surface area (Å²) in [5, 5.41) is 9.76. The lowest BCUT2D eigenvalue weighted by molar-refractivity contribution is -0.0368. The Morgan fingerprint density at radius 2 is 2.17 bits per heavy atom. The van der Waals surface area contributed by atoms with Gasteiger partial charge >= 0.3 is 6.03 Å². The van der Waals surface area contributed by atoms with Crippen molar-refractivity contribution in [3.8, 4) is 0 Å². The van der Waals surface area contributed by atoms with Crippen LogP contribution in [0.15, 0.2) is 16.7 Å². The maximum Gasteiger partial charge on any atom is 0.315 e. The van der Waals surface area contributed by atoms with Crippen molar-refractivity contribution in [3.05, 3.63) is 23.9 Å². The van der Waals surface area contributed by atoms with Crippen molar-refractivity contribution in [2.24, 2.45) is 17.3 Å². The average molecular weight is 316 g/mol. The first kappa shape index (κ1) is 14.7. The van der Waals surface area contributed by atoms with Crippen LogP contribution in [0.2, 0.25) is 0 Å². The summed E-state index contributed by atoms with van der Waals surface area (Å²) in [6, 6.07) is -0.105. The lowest BCUT2D eigenvalue weighted by Gasteiger charge is -2.59. The molecule has 23 heavy (non-hydrogen) atoms. The summed E-state index contributed by atoms with van der Waals surface area (Å²) in [4.78, 5) is 16.4. The molecule has 4 aliphatic carbocycles. The van der Waals surface area contributed by atoms with Crippen LogP contribution in [0, 0.1) is 17.3 Å². The number of carbonyl (C=O) groups is 1. The van der Waals surface area contributed by atoms with Crippen LogP contribution in [0.25, 0.3) is 0 Å². The number of aromatic nitrogens is 2. The molecule has 4 fully saturated rings. The molecule has 4 saturated carbocycles. The third-order valence-corrected chi connectivity index (χ3v) is 6.01. The highest BCUT2D eigenvalue weighted by Gasteiger charge is 2.54. The van der Waals surface area contributed by atoms with E-state index in [4.69, 9.17) is 4.52 Å². The van der Waals surface area contributed by atoms with Gasteiger partial charge < -0.3 is 15.2 Å². The number of nitrogens with one attached hydrogen (secondary N) is 2. The number of urea groups is 1. The fraction of sp³-hybridized carbons (Fsp3) is 0.706. The zero-order valence-electron chi connectivity index (χ0n) is 13.8. The van der Waals surface area contributed by atoms with Crippen molar-refractivity contribution in [1.29, 1.82) is 0 Å². The van der Waals surface area contributed by atoms with Crippen molar-refractivity contribution >= 4 is 6.03 Å². The van der Waals surface area contributed by atoms with Gasteiger partial charge in [0.2, 0.25) is 5.89 Å². The first-order valence-electron chi connectivity index (χ1n) is 8.50. The Labute approximate surface area is 136 Å². The van der Waals surface area contributed by atoms with Gasteiger partial charge in [-0.2, -0.15) is 4.98 Å². The molecular formula is C17H24N4O2. The van der Waals surface area contributed by atoms with Gasteiger partial charge in [-0.1, -0.05) is 31.2 Å². The summed E-state index contributed by atoms with van der Waals surface area (Å²) < 4.78 is 5.18. The van der Waals surface area contributed by atoms with E-state index >= 15 is 0 Å². The number of rotatable bonds is 4. The van der Waals surface area contributed by atoms with Gasteiger partial charge in [-0.3, -0.25) is 0 Å². The largest absolute Gasteiger partial charge is 0.339 e. The van der Waals surface area contributed by atoms with Gasteiger partial charge in [-0.15, -0.1) is 0 Å². The Morgan fingerprint density at radius 1 is 1.39 bits per heavy atom. The second-order valence-electron chi connectivity index (χ2n) is 7.82. The molecule has 2 amide bonds. The lowest BCUT2D eigenvalue weighted by Crippen LogP contribution is -2.58. The quantitative estimate of drug-likeness (QED) is 0.837. The van der Waals surface area contributed by atoms with E-state index in [1.165, 1.54) is 12.0 Å². The topological polar surface area (TPSA) is 80.0 Å². The van der Waals surface area contributed by atoms with Crippen molar-refractivity contribution in [2.45, 2.75) is 58.0 Å². The molecule has 1 unspecified atom stereocenters. The fourth-order valence-electron chi connectivity index (χ4n) is 4.08. The van der Waals surface area contributed by atoms with Gasteiger partial charge in [0.1, 0.15) is 0 Å². The Balaban J connectivity index is 1.28. The maximum absolute atomic E-state index is 12.1. The molecule has 0 aliphatic heterocycles. The van der Waals surface area contributed by atoms with E-state index in [0.29, 0.717) is 41.4 Å². The zero-order chi connectivity index (χ0) is 16.2. The molecule has 1 heterocycles. The highest BCUT2D eigenvalue weighted by atomic mass is 16.5. The van der Waals surface area contributed by atoms with E-state index in [9.17, 15) is 4.79 Å². The number of hydrogen-bond acceptors (Lipinski definition) is 4. The van der Waals surface area contributed by atoms with Crippen LogP contribution in [0.4, 0.5) is 4.79 Å². The molecule has 0 aromatic carbocycles. The number of fused-ring (bicyclic) bond motifs is 2. The molecule has 6 heteroatoms. The minimum absolute atomic E-state index is 0.0825. The average Bonchev–Trinajstić information content (AvgIpc) is 3.25. The van der Waals surface area contributed by atoms with Crippen LogP contribution in [0.3, 0.4) is 0 Å². The first-order valence-corrected chi connectivity index (χ1v) is 8.50. The minimum Gasteiger partial charge on any atom is -0.339 e. The van der Waals surface area contributed by atoms with Crippen LogP contribution in [0.5, 0.6) is 0 Å². The second kappa shape index (κ2) is 5.08. The molecule has 4 aliphatic rings. The Bertz CT molecular complexity index is 647. The first-order chi connectivity index (χ1) is 10.9. The lowest BCUT2D eigenvalue weighted by atomic mass is 9.46. The van der Waals surface area contributed by atoms with Crippen LogP contribution in [-0.4, -0.2) is 22.2 Å². The minimum atomic E-state index is -0.187. The van der Waals surface area contributed by atoms with Crippen LogP contribution < -0.4 is 10.6 Å². The zero-order valence-corrected chi connectivity index (χ0v) is 13.8. The van der Waals surface area contributed by atoms with Gasteiger partial charge in [-0.05, 0) is 42.9 Å². The summed E-state index contributed by atoms with van der Waals surface area (Å²) >= 11 is 0. The van der Waals surface area contributed by atoms with E-state index < -0.39 is 0 Å². The van der Waals surface area contributed by atoms with Gasteiger partial charge in [-0.25, -0.2) is 4.79 Å². The molecule has 1 aromatic heterocycles. The number of nitrogens with zero attached hydrogens (tertiary/aromatic N) is 2. The molecule has 6 nitrogen and oxygen atoms in total. The highest BCUT2D eigenvalue weighted by Crippen LogP contribution is 2.60. The Kier molecular flexibility index (Phi) is 3.25. The van der Waals surface area contributed by atoms with Crippen molar-refractivity contribution in [2.75, 3.05) is 0 Å². The molecule has 1 aromatic rings. The van der Waals surface area contributed by atoms with E-state index in [1.807, 2.05) is 0 Å². The molecule has 0 radical (unpaired) electrons. The SMILES string of the molecule is C=C1C(NC(=O)NCc2noc(C3CC3)n2)C[C@H]2C[C@@H]1C2(C)C. The number of carbonyl (C=O) groups excluding carboxylic acids is 1. The van der Waals surface area contributed by atoms with Gasteiger partial charge in [0.05, 0.1) is 12.6 Å². The van der Waals surface area contributed by atoms with E-state index in [1.54, 1.807) is 0 Å². The van der Waals surface area contributed by atoms with Crippen molar-refractivity contribution in [3.63, 3.8) is 0 Å². The number of amides is 2. The van der Waals surface area contributed by atoms with E-state index in [2.05, 4.69) is 41.2 Å². The molecule has 2 bridgehead atoms. The predicted octanol–water partition coefficient (Wildman–Crippen LogP) is 2.74. The monoisotopic (exact) mass is 316 g/mol. The van der Waals surface area contributed by atoms with Crippen molar-refractivity contribution in [1.82, 2.24) is 20.8 Å². The Hall–Kier alpha value is -1.85. The molecule has 2 N–H and O–H groups in total. The summed E-state index contributed by atoms with van der Waals surface area (Å²) in [6.45, 7) is 9.13. The summed E-state index contributed by atoms with van der Waals surface area (Å²) in [6.07, 6.45) is 4.46. The van der Waals surface area contributed by atoms with Gasteiger partial charge in [0.25, 0.3) is 0 Å². The standard InChI is InChI=1S/C17H24N4O2/c1-9-12-6-11(17(12,2)3)7-13(9)19-16(22)18-8-14-20-15(23-21-14)10-4-5-10/h10-13H,1,4-8H2,2-3H3,(H2,18,19,22)/t11-,12+,13?/m1/s1. The third kappa shape index (κ3) is 2.54.